The number of rotatable bonds is 2. The minimum Gasteiger partial charge on any atom is -0.383 e. The van der Waals surface area contributed by atoms with E-state index >= 15 is 0 Å². The Labute approximate surface area is 115 Å². The van der Waals surface area contributed by atoms with Gasteiger partial charge in [0.25, 0.3) is 5.95 Å². The second-order valence-corrected chi connectivity index (χ2v) is 5.05. The van der Waals surface area contributed by atoms with Crippen LogP contribution >= 0.6 is 27.3 Å². The number of anilines is 1. The highest BCUT2D eigenvalue weighted by Gasteiger charge is 2.14. The van der Waals surface area contributed by atoms with Gasteiger partial charge in [0.2, 0.25) is 0 Å². The van der Waals surface area contributed by atoms with Crippen LogP contribution in [0.3, 0.4) is 0 Å². The molecule has 3 aromatic rings. The molecule has 3 aromatic heterocycles. The van der Waals surface area contributed by atoms with Crippen molar-refractivity contribution in [2.45, 2.75) is 0 Å². The van der Waals surface area contributed by atoms with Crippen molar-refractivity contribution in [2.75, 3.05) is 5.73 Å². The van der Waals surface area contributed by atoms with Gasteiger partial charge in [0.05, 0.1) is 4.47 Å². The maximum Gasteiger partial charge on any atom is 0.253 e. The van der Waals surface area contributed by atoms with Gasteiger partial charge in [-0.2, -0.15) is 10.1 Å². The lowest BCUT2D eigenvalue weighted by Crippen LogP contribution is -2.06. The molecule has 0 radical (unpaired) electrons. The van der Waals surface area contributed by atoms with E-state index in [9.17, 15) is 0 Å². The monoisotopic (exact) mass is 322 g/mol. The molecule has 0 aliphatic rings. The van der Waals surface area contributed by atoms with Crippen LogP contribution in [0.5, 0.6) is 0 Å². The van der Waals surface area contributed by atoms with Gasteiger partial charge in [-0.1, -0.05) is 0 Å². The molecule has 90 valence electrons. The predicted molar refractivity (Wildman–Crippen MR) is 72.4 cm³/mol. The van der Waals surface area contributed by atoms with Crippen LogP contribution in [0.1, 0.15) is 0 Å². The Morgan fingerprint density at radius 1 is 1.28 bits per heavy atom. The van der Waals surface area contributed by atoms with E-state index in [0.29, 0.717) is 21.9 Å². The van der Waals surface area contributed by atoms with E-state index in [1.54, 1.807) is 29.3 Å². The average Bonchev–Trinajstić information content (AvgIpc) is 3.03. The van der Waals surface area contributed by atoms with Crippen molar-refractivity contribution >= 4 is 33.1 Å². The maximum atomic E-state index is 5.87. The van der Waals surface area contributed by atoms with Gasteiger partial charge in [-0.3, -0.25) is 0 Å². The van der Waals surface area contributed by atoms with Crippen LogP contribution in [0, 0.1) is 0 Å². The molecule has 3 rings (SSSR count). The lowest BCUT2D eigenvalue weighted by molar-refractivity contribution is 0.810. The summed E-state index contributed by atoms with van der Waals surface area (Å²) in [6.45, 7) is 0. The molecular weight excluding hydrogens is 316 g/mol. The van der Waals surface area contributed by atoms with Crippen LogP contribution in [0.25, 0.3) is 16.6 Å². The van der Waals surface area contributed by atoms with E-state index < -0.39 is 0 Å². The van der Waals surface area contributed by atoms with Gasteiger partial charge in [-0.25, -0.2) is 14.6 Å². The fourth-order valence-electron chi connectivity index (χ4n) is 1.42. The summed E-state index contributed by atoms with van der Waals surface area (Å²) in [6, 6.07) is 1.80. The molecule has 0 atom stereocenters. The van der Waals surface area contributed by atoms with E-state index in [2.05, 4.69) is 36.0 Å². The van der Waals surface area contributed by atoms with Gasteiger partial charge >= 0.3 is 0 Å². The van der Waals surface area contributed by atoms with E-state index in [4.69, 9.17) is 5.73 Å². The van der Waals surface area contributed by atoms with Crippen molar-refractivity contribution in [1.29, 1.82) is 0 Å². The van der Waals surface area contributed by atoms with Crippen molar-refractivity contribution in [3.8, 4) is 16.6 Å². The van der Waals surface area contributed by atoms with Crippen LogP contribution in [0.15, 0.2) is 34.5 Å². The standard InChI is InChI=1S/C10H7BrN6S/c11-6-7(9-13-3-5-18-9)15-10(16-8(6)12)17-4-1-2-14-17/h1-5H,(H2,12,15,16). The predicted octanol–water partition coefficient (Wildman–Crippen LogP) is 2.13. The summed E-state index contributed by atoms with van der Waals surface area (Å²) in [5.74, 6) is 0.784. The lowest BCUT2D eigenvalue weighted by Gasteiger charge is -2.06. The molecule has 18 heavy (non-hydrogen) atoms. The van der Waals surface area contributed by atoms with Gasteiger partial charge < -0.3 is 5.73 Å². The van der Waals surface area contributed by atoms with E-state index in [0.717, 1.165) is 5.01 Å². The zero-order valence-electron chi connectivity index (χ0n) is 8.99. The molecule has 0 saturated carbocycles. The Morgan fingerprint density at radius 2 is 2.17 bits per heavy atom. The summed E-state index contributed by atoms with van der Waals surface area (Å²) >= 11 is 4.87. The number of nitrogens with zero attached hydrogens (tertiary/aromatic N) is 5. The number of nitrogen functional groups attached to an aromatic ring is 1. The molecule has 2 N–H and O–H groups in total. The number of nitrogens with two attached hydrogens (primary N) is 1. The average molecular weight is 323 g/mol. The number of aromatic nitrogens is 5. The quantitative estimate of drug-likeness (QED) is 0.781. The first-order chi connectivity index (χ1) is 8.75. The molecule has 0 unspecified atom stereocenters. The smallest absolute Gasteiger partial charge is 0.253 e. The Balaban J connectivity index is 2.20. The summed E-state index contributed by atoms with van der Waals surface area (Å²) in [7, 11) is 0. The summed E-state index contributed by atoms with van der Waals surface area (Å²) in [5.41, 5.74) is 6.54. The Morgan fingerprint density at radius 3 is 2.83 bits per heavy atom. The molecular formula is C10H7BrN6S. The van der Waals surface area contributed by atoms with Crippen molar-refractivity contribution in [3.05, 3.63) is 34.5 Å². The molecule has 3 heterocycles. The largest absolute Gasteiger partial charge is 0.383 e. The van der Waals surface area contributed by atoms with Crippen molar-refractivity contribution in [1.82, 2.24) is 24.7 Å². The molecule has 0 aromatic carbocycles. The highest BCUT2D eigenvalue weighted by molar-refractivity contribution is 9.10. The Hall–Kier alpha value is -1.80. The Kier molecular flexibility index (Phi) is 2.80. The number of hydrogen-bond donors (Lipinski definition) is 1. The summed E-state index contributed by atoms with van der Waals surface area (Å²) in [6.07, 6.45) is 5.14. The summed E-state index contributed by atoms with van der Waals surface area (Å²) in [5, 5.41) is 6.75. The van der Waals surface area contributed by atoms with Crippen LogP contribution in [-0.2, 0) is 0 Å². The second kappa shape index (κ2) is 4.46. The first-order valence-electron chi connectivity index (χ1n) is 4.98. The summed E-state index contributed by atoms with van der Waals surface area (Å²) in [4.78, 5) is 12.8. The molecule has 0 fully saturated rings. The first-order valence-corrected chi connectivity index (χ1v) is 6.66. The lowest BCUT2D eigenvalue weighted by atomic mass is 10.4. The molecule has 0 amide bonds. The second-order valence-electron chi connectivity index (χ2n) is 3.36. The van der Waals surface area contributed by atoms with Crippen molar-refractivity contribution in [2.24, 2.45) is 0 Å². The highest BCUT2D eigenvalue weighted by atomic mass is 79.9. The van der Waals surface area contributed by atoms with Crippen molar-refractivity contribution < 1.29 is 0 Å². The molecule has 0 spiro atoms. The van der Waals surface area contributed by atoms with Gasteiger partial charge in [0.15, 0.2) is 0 Å². The SMILES string of the molecule is Nc1nc(-n2cccn2)nc(-c2nccs2)c1Br. The van der Waals surface area contributed by atoms with Crippen LogP contribution in [-0.4, -0.2) is 24.7 Å². The minimum absolute atomic E-state index is 0.362. The van der Waals surface area contributed by atoms with Crippen molar-refractivity contribution in [3.63, 3.8) is 0 Å². The molecule has 8 heteroatoms. The fourth-order valence-corrected chi connectivity index (χ4v) is 2.55. The zero-order valence-corrected chi connectivity index (χ0v) is 11.4. The maximum absolute atomic E-state index is 5.87. The Bertz CT molecular complexity index is 664. The van der Waals surface area contributed by atoms with E-state index in [1.807, 2.05) is 5.38 Å². The topological polar surface area (TPSA) is 82.5 Å². The van der Waals surface area contributed by atoms with Crippen LogP contribution in [0.2, 0.25) is 0 Å². The molecule has 0 aliphatic heterocycles. The number of hydrogen-bond acceptors (Lipinski definition) is 6. The van der Waals surface area contributed by atoms with Crippen LogP contribution < -0.4 is 5.73 Å². The zero-order chi connectivity index (χ0) is 12.5. The third kappa shape index (κ3) is 1.89. The van der Waals surface area contributed by atoms with E-state index in [1.165, 1.54) is 11.3 Å². The molecule has 0 saturated heterocycles. The molecule has 0 bridgehead atoms. The third-order valence-electron chi connectivity index (χ3n) is 2.21. The third-order valence-corrected chi connectivity index (χ3v) is 3.77. The van der Waals surface area contributed by atoms with Crippen LogP contribution in [0.4, 0.5) is 5.82 Å². The van der Waals surface area contributed by atoms with Gasteiger partial charge in [0.1, 0.15) is 16.5 Å². The highest BCUT2D eigenvalue weighted by Crippen LogP contribution is 2.31. The van der Waals surface area contributed by atoms with Gasteiger partial charge in [-0.15, -0.1) is 11.3 Å². The fraction of sp³-hybridized carbons (Fsp3) is 0. The minimum atomic E-state index is 0.362. The number of halogens is 1. The molecule has 0 aliphatic carbocycles. The molecule has 6 nitrogen and oxygen atoms in total. The summed E-state index contributed by atoms with van der Waals surface area (Å²) < 4.78 is 2.20. The van der Waals surface area contributed by atoms with Gasteiger partial charge in [0, 0.05) is 24.0 Å². The first kappa shape index (κ1) is 11.3. The van der Waals surface area contributed by atoms with Gasteiger partial charge in [-0.05, 0) is 22.0 Å². The number of thiazole rings is 1. The normalized spacial score (nSPS) is 10.7. The van der Waals surface area contributed by atoms with E-state index in [-0.39, 0.29) is 0 Å².